The molecule has 0 atom stereocenters. The van der Waals surface area contributed by atoms with Crippen molar-refractivity contribution in [3.05, 3.63) is 28.4 Å². The number of anilines is 1. The van der Waals surface area contributed by atoms with Crippen LogP contribution in [0.4, 0.5) is 5.82 Å². The van der Waals surface area contributed by atoms with E-state index >= 15 is 0 Å². The van der Waals surface area contributed by atoms with E-state index in [0.29, 0.717) is 11.7 Å². The Morgan fingerprint density at radius 1 is 1.67 bits per heavy atom. The summed E-state index contributed by atoms with van der Waals surface area (Å²) >= 11 is 8.79. The van der Waals surface area contributed by atoms with Gasteiger partial charge in [-0.1, -0.05) is 12.2 Å². The maximum atomic E-state index is 5.60. The van der Waals surface area contributed by atoms with Crippen LogP contribution in [0.5, 0.6) is 0 Å². The average molecular weight is 248 g/mol. The molecule has 0 radical (unpaired) electrons. The number of hydrogen-bond acceptors (Lipinski definition) is 2. The highest BCUT2D eigenvalue weighted by atomic mass is 79.9. The molecule has 0 aromatic carbocycles. The zero-order valence-electron chi connectivity index (χ0n) is 6.30. The third-order valence-electron chi connectivity index (χ3n) is 1.30. The molecule has 0 aliphatic rings. The molecule has 0 amide bonds. The van der Waals surface area contributed by atoms with Gasteiger partial charge in [0.05, 0.1) is 0 Å². The van der Waals surface area contributed by atoms with E-state index in [1.54, 1.807) is 6.20 Å². The van der Waals surface area contributed by atoms with Gasteiger partial charge in [-0.2, -0.15) is 0 Å². The van der Waals surface area contributed by atoms with Gasteiger partial charge in [-0.3, -0.25) is 0 Å². The van der Waals surface area contributed by atoms with Gasteiger partial charge >= 0.3 is 0 Å². The second-order valence-corrected chi connectivity index (χ2v) is 3.41. The summed E-state index contributed by atoms with van der Waals surface area (Å²) in [7, 11) is 0. The Morgan fingerprint density at radius 2 is 2.42 bits per heavy atom. The highest BCUT2D eigenvalue weighted by Gasteiger charge is 1.96. The van der Waals surface area contributed by atoms with Gasteiger partial charge in [0.1, 0.15) is 5.82 Å². The number of aromatic nitrogens is 1. The topological polar surface area (TPSA) is 38.9 Å². The van der Waals surface area contributed by atoms with Gasteiger partial charge in [0.15, 0.2) is 0 Å². The van der Waals surface area contributed by atoms with Crippen LogP contribution in [-0.2, 0) is 0 Å². The van der Waals surface area contributed by atoms with Crippen molar-refractivity contribution in [3.63, 3.8) is 0 Å². The van der Waals surface area contributed by atoms with Crippen LogP contribution in [0.3, 0.4) is 0 Å². The fraction of sp³-hybridized carbons (Fsp3) is 0.125. The number of rotatable bonds is 2. The monoisotopic (exact) mass is 246 g/mol. The lowest BCUT2D eigenvalue weighted by Gasteiger charge is -1.98. The minimum absolute atomic E-state index is 0.478. The summed E-state index contributed by atoms with van der Waals surface area (Å²) in [6, 6.07) is 1.89. The number of nitrogens with two attached hydrogens (primary N) is 1. The van der Waals surface area contributed by atoms with E-state index < -0.39 is 0 Å². The predicted octanol–water partition coefficient (Wildman–Crippen LogP) is 2.68. The molecule has 0 spiro atoms. The molecular weight excluding hydrogens is 239 g/mol. The number of allylic oxidation sites excluding steroid dienone is 1. The Kier molecular flexibility index (Phi) is 3.56. The van der Waals surface area contributed by atoms with Gasteiger partial charge in [0, 0.05) is 22.1 Å². The first-order valence-corrected chi connectivity index (χ1v) is 4.70. The molecule has 1 aromatic rings. The molecule has 1 rings (SSSR count). The molecule has 0 unspecified atom stereocenters. The van der Waals surface area contributed by atoms with Crippen LogP contribution >= 0.6 is 27.5 Å². The van der Waals surface area contributed by atoms with Gasteiger partial charge in [0.25, 0.3) is 0 Å². The van der Waals surface area contributed by atoms with Gasteiger partial charge in [-0.05, 0) is 22.0 Å². The van der Waals surface area contributed by atoms with Crippen molar-refractivity contribution in [1.29, 1.82) is 0 Å². The molecular formula is C8H8BrClN2. The summed E-state index contributed by atoms with van der Waals surface area (Å²) in [5.74, 6) is 0.992. The maximum Gasteiger partial charge on any atom is 0.130 e. The lowest BCUT2D eigenvalue weighted by Crippen LogP contribution is -1.92. The summed E-state index contributed by atoms with van der Waals surface area (Å²) < 4.78 is 0.908. The zero-order valence-corrected chi connectivity index (χ0v) is 8.64. The van der Waals surface area contributed by atoms with E-state index in [1.807, 2.05) is 18.2 Å². The minimum Gasteiger partial charge on any atom is -0.383 e. The first-order chi connectivity index (χ1) is 5.74. The summed E-state index contributed by atoms with van der Waals surface area (Å²) in [6.45, 7) is 0. The normalized spacial score (nSPS) is 10.8. The average Bonchev–Trinajstić information content (AvgIpc) is 2.07. The number of pyridine rings is 1. The molecule has 1 aromatic heterocycles. The van der Waals surface area contributed by atoms with E-state index in [4.69, 9.17) is 17.3 Å². The van der Waals surface area contributed by atoms with E-state index in [1.165, 1.54) is 0 Å². The van der Waals surface area contributed by atoms with Crippen molar-refractivity contribution in [1.82, 2.24) is 4.98 Å². The third-order valence-corrected chi connectivity index (χ3v) is 1.91. The predicted molar refractivity (Wildman–Crippen MR) is 56.1 cm³/mol. The molecule has 1 heterocycles. The van der Waals surface area contributed by atoms with Gasteiger partial charge in [-0.15, -0.1) is 11.6 Å². The van der Waals surface area contributed by atoms with E-state index in [2.05, 4.69) is 20.9 Å². The number of nitrogen functional groups attached to an aromatic ring is 1. The molecule has 0 saturated heterocycles. The summed E-state index contributed by atoms with van der Waals surface area (Å²) in [5, 5.41) is 0. The van der Waals surface area contributed by atoms with Crippen LogP contribution in [0.15, 0.2) is 22.8 Å². The molecule has 64 valence electrons. The molecule has 0 fully saturated rings. The van der Waals surface area contributed by atoms with E-state index in [9.17, 15) is 0 Å². The summed E-state index contributed by atoms with van der Waals surface area (Å²) in [6.07, 6.45) is 5.33. The van der Waals surface area contributed by atoms with Crippen molar-refractivity contribution in [2.24, 2.45) is 0 Å². The number of nitrogens with zero attached hydrogens (tertiary/aromatic N) is 1. The van der Waals surface area contributed by atoms with Gasteiger partial charge in [0.2, 0.25) is 0 Å². The highest BCUT2D eigenvalue weighted by Crippen LogP contribution is 2.16. The first-order valence-electron chi connectivity index (χ1n) is 3.37. The smallest absolute Gasteiger partial charge is 0.130 e. The fourth-order valence-electron chi connectivity index (χ4n) is 0.771. The van der Waals surface area contributed by atoms with E-state index in [0.717, 1.165) is 10.0 Å². The van der Waals surface area contributed by atoms with Crippen LogP contribution in [0, 0.1) is 0 Å². The Hall–Kier alpha value is -0.540. The van der Waals surface area contributed by atoms with Gasteiger partial charge in [-0.25, -0.2) is 4.98 Å². The second-order valence-electron chi connectivity index (χ2n) is 2.18. The number of alkyl halides is 1. The zero-order chi connectivity index (χ0) is 8.97. The molecule has 0 aliphatic heterocycles. The van der Waals surface area contributed by atoms with Crippen LogP contribution in [-0.4, -0.2) is 10.9 Å². The lowest BCUT2D eigenvalue weighted by atomic mass is 10.2. The number of halogens is 2. The van der Waals surface area contributed by atoms with Crippen LogP contribution in [0.1, 0.15) is 5.56 Å². The molecule has 12 heavy (non-hydrogen) atoms. The van der Waals surface area contributed by atoms with Crippen molar-refractivity contribution >= 4 is 39.4 Å². The molecule has 0 aliphatic carbocycles. The van der Waals surface area contributed by atoms with Crippen molar-refractivity contribution in [3.8, 4) is 0 Å². The number of hydrogen-bond donors (Lipinski definition) is 1. The van der Waals surface area contributed by atoms with Gasteiger partial charge < -0.3 is 5.73 Å². The Labute approximate surface area is 84.6 Å². The standard InChI is InChI=1S/C8H8BrClN2/c9-7-4-6(2-1-3-10)8(11)12-5-7/h1-2,4-5H,3H2,(H2,11,12). The Morgan fingerprint density at radius 3 is 3.08 bits per heavy atom. The molecule has 0 saturated carbocycles. The lowest BCUT2D eigenvalue weighted by molar-refractivity contribution is 1.31. The quantitative estimate of drug-likeness (QED) is 0.816. The third kappa shape index (κ3) is 2.50. The van der Waals surface area contributed by atoms with Crippen molar-refractivity contribution in [2.75, 3.05) is 11.6 Å². The van der Waals surface area contributed by atoms with Crippen molar-refractivity contribution in [2.45, 2.75) is 0 Å². The molecule has 2 N–H and O–H groups in total. The SMILES string of the molecule is Nc1ncc(Br)cc1C=CCCl. The fourth-order valence-corrected chi connectivity index (χ4v) is 1.21. The summed E-state index contributed by atoms with van der Waals surface area (Å²) in [5.41, 5.74) is 6.48. The minimum atomic E-state index is 0.478. The molecule has 4 heteroatoms. The molecule has 0 bridgehead atoms. The highest BCUT2D eigenvalue weighted by molar-refractivity contribution is 9.10. The maximum absolute atomic E-state index is 5.60. The first kappa shape index (κ1) is 9.55. The molecule has 2 nitrogen and oxygen atoms in total. The van der Waals surface area contributed by atoms with Crippen LogP contribution in [0.2, 0.25) is 0 Å². The van der Waals surface area contributed by atoms with E-state index in [-0.39, 0.29) is 0 Å². The van der Waals surface area contributed by atoms with Crippen LogP contribution < -0.4 is 5.73 Å². The van der Waals surface area contributed by atoms with Crippen molar-refractivity contribution < 1.29 is 0 Å². The Balaban J connectivity index is 2.97. The summed E-state index contributed by atoms with van der Waals surface area (Å²) in [4.78, 5) is 3.97. The second kappa shape index (κ2) is 4.48. The largest absolute Gasteiger partial charge is 0.383 e. The van der Waals surface area contributed by atoms with Crippen LogP contribution in [0.25, 0.3) is 6.08 Å². The Bertz CT molecular complexity index is 299.